The second-order valence-corrected chi connectivity index (χ2v) is 9.50. The van der Waals surface area contributed by atoms with Crippen LogP contribution in [0, 0.1) is 0 Å². The monoisotopic (exact) mass is 349 g/mol. The van der Waals surface area contributed by atoms with Crippen molar-refractivity contribution in [3.8, 4) is 0 Å². The normalized spacial score (nSPS) is 23.2. The summed E-state index contributed by atoms with van der Waals surface area (Å²) in [7, 11) is -3.53. The van der Waals surface area contributed by atoms with E-state index >= 15 is 0 Å². The smallest absolute Gasteiger partial charge is 0.240 e. The first-order valence-electron chi connectivity index (χ1n) is 9.11. The number of amides is 1. The van der Waals surface area contributed by atoms with E-state index in [1.165, 1.54) is 0 Å². The fourth-order valence-corrected chi connectivity index (χ4v) is 5.99. The Labute approximate surface area is 145 Å². The second kappa shape index (κ2) is 7.26. The number of fused-ring (bicyclic) bond motifs is 1. The summed E-state index contributed by atoms with van der Waals surface area (Å²) in [6, 6.07) is 7.78. The molecule has 1 aromatic rings. The Morgan fingerprint density at radius 2 is 1.75 bits per heavy atom. The highest BCUT2D eigenvalue weighted by Crippen LogP contribution is 2.37. The Kier molecular flexibility index (Phi) is 5.28. The van der Waals surface area contributed by atoms with Crippen molar-refractivity contribution in [3.63, 3.8) is 0 Å². The third-order valence-electron chi connectivity index (χ3n) is 5.47. The molecule has 0 spiro atoms. The first kappa shape index (κ1) is 17.5. The maximum absolute atomic E-state index is 13.2. The van der Waals surface area contributed by atoms with Gasteiger partial charge in [0.1, 0.15) is 5.25 Å². The molecule has 132 valence electrons. The largest absolute Gasteiger partial charge is 0.342 e. The maximum Gasteiger partial charge on any atom is 0.240 e. The highest BCUT2D eigenvalue weighted by Gasteiger charge is 2.40. The van der Waals surface area contributed by atoms with Crippen LogP contribution in [0.15, 0.2) is 24.3 Å². The van der Waals surface area contributed by atoms with Crippen LogP contribution in [0.3, 0.4) is 0 Å². The van der Waals surface area contributed by atoms with Gasteiger partial charge >= 0.3 is 0 Å². The molecule has 3 rings (SSSR count). The first-order chi connectivity index (χ1) is 11.5. The molecule has 24 heavy (non-hydrogen) atoms. The predicted octanol–water partition coefficient (Wildman–Crippen LogP) is 3.27. The quantitative estimate of drug-likeness (QED) is 0.841. The number of likely N-dealkylation sites (tertiary alicyclic amines) is 1. The molecule has 0 radical (unpaired) electrons. The number of aryl methyl sites for hydroxylation is 1. The van der Waals surface area contributed by atoms with Crippen molar-refractivity contribution in [2.75, 3.05) is 13.1 Å². The summed E-state index contributed by atoms with van der Waals surface area (Å²) in [4.78, 5) is 14.6. The zero-order valence-corrected chi connectivity index (χ0v) is 15.2. The van der Waals surface area contributed by atoms with E-state index in [1.54, 1.807) is 11.8 Å². The molecule has 1 saturated heterocycles. The minimum absolute atomic E-state index is 0.208. The summed E-state index contributed by atoms with van der Waals surface area (Å²) in [6.45, 7) is 2.97. The Morgan fingerprint density at radius 1 is 1.08 bits per heavy atom. The Bertz CT molecular complexity index is 690. The molecule has 2 atom stereocenters. The number of rotatable bonds is 3. The number of nitrogens with zero attached hydrogens (tertiary/aromatic N) is 1. The fraction of sp³-hybridized carbons (Fsp3) is 0.632. The number of hydrogen-bond donors (Lipinski definition) is 0. The lowest BCUT2D eigenvalue weighted by Crippen LogP contribution is -2.43. The number of benzene rings is 1. The van der Waals surface area contributed by atoms with Crippen molar-refractivity contribution in [2.45, 2.75) is 62.4 Å². The Balaban J connectivity index is 1.83. The molecule has 5 heteroatoms. The van der Waals surface area contributed by atoms with Crippen molar-refractivity contribution in [1.82, 2.24) is 4.90 Å². The summed E-state index contributed by atoms with van der Waals surface area (Å²) in [5.74, 6) is -0.208. The van der Waals surface area contributed by atoms with Crippen LogP contribution in [-0.2, 0) is 21.1 Å². The zero-order valence-electron chi connectivity index (χ0n) is 14.4. The third kappa shape index (κ3) is 3.37. The van der Waals surface area contributed by atoms with E-state index in [1.807, 2.05) is 24.3 Å². The summed E-state index contributed by atoms with van der Waals surface area (Å²) < 4.78 is 26.3. The van der Waals surface area contributed by atoms with Crippen LogP contribution < -0.4 is 0 Å². The molecule has 1 aromatic carbocycles. The topological polar surface area (TPSA) is 54.5 Å². The first-order valence-corrected chi connectivity index (χ1v) is 10.7. The molecule has 0 bridgehead atoms. The van der Waals surface area contributed by atoms with E-state index in [0.717, 1.165) is 49.7 Å². The van der Waals surface area contributed by atoms with Gasteiger partial charge < -0.3 is 4.90 Å². The molecule has 1 heterocycles. The lowest BCUT2D eigenvalue weighted by molar-refractivity contribution is -0.130. The second-order valence-electron chi connectivity index (χ2n) is 7.05. The van der Waals surface area contributed by atoms with Crippen LogP contribution in [0.25, 0.3) is 0 Å². The Hall–Kier alpha value is -1.36. The lowest BCUT2D eigenvalue weighted by Gasteiger charge is -2.30. The minimum atomic E-state index is -3.53. The van der Waals surface area contributed by atoms with Gasteiger partial charge in [-0.25, -0.2) is 8.42 Å². The van der Waals surface area contributed by atoms with Gasteiger partial charge in [-0.15, -0.1) is 0 Å². The lowest BCUT2D eigenvalue weighted by atomic mass is 9.91. The van der Waals surface area contributed by atoms with E-state index in [2.05, 4.69) is 0 Å². The van der Waals surface area contributed by atoms with E-state index in [0.29, 0.717) is 19.5 Å². The van der Waals surface area contributed by atoms with Crippen molar-refractivity contribution in [3.05, 3.63) is 35.4 Å². The van der Waals surface area contributed by atoms with Crippen molar-refractivity contribution in [1.29, 1.82) is 0 Å². The van der Waals surface area contributed by atoms with Crippen LogP contribution in [-0.4, -0.2) is 37.6 Å². The van der Waals surface area contributed by atoms with E-state index in [4.69, 9.17) is 0 Å². The van der Waals surface area contributed by atoms with E-state index in [9.17, 15) is 13.2 Å². The van der Waals surface area contributed by atoms with Gasteiger partial charge in [-0.05, 0) is 50.2 Å². The van der Waals surface area contributed by atoms with Gasteiger partial charge in [0.05, 0.1) is 5.25 Å². The van der Waals surface area contributed by atoms with Gasteiger partial charge in [0, 0.05) is 13.1 Å². The Morgan fingerprint density at radius 3 is 2.46 bits per heavy atom. The average Bonchev–Trinajstić information content (AvgIpc) is 2.89. The SMILES string of the molecule is C[C@H](C(=O)N1CCCCCC1)S(=O)(=O)[C@H]1CCCc2ccccc21. The molecule has 0 N–H and O–H groups in total. The van der Waals surface area contributed by atoms with Gasteiger partial charge in [-0.2, -0.15) is 0 Å². The van der Waals surface area contributed by atoms with Gasteiger partial charge in [0.25, 0.3) is 0 Å². The molecule has 0 saturated carbocycles. The summed E-state index contributed by atoms with van der Waals surface area (Å²) >= 11 is 0. The third-order valence-corrected chi connectivity index (χ3v) is 7.94. The maximum atomic E-state index is 13.2. The van der Waals surface area contributed by atoms with E-state index in [-0.39, 0.29) is 5.91 Å². The van der Waals surface area contributed by atoms with Crippen LogP contribution >= 0.6 is 0 Å². The van der Waals surface area contributed by atoms with Crippen LogP contribution in [0.1, 0.15) is 61.8 Å². The standard InChI is InChI=1S/C19H27NO3S/c1-15(19(21)20-13-6-2-3-7-14-20)24(22,23)18-12-8-10-16-9-4-5-11-17(16)18/h4-5,9,11,15,18H,2-3,6-8,10,12-14H2,1H3/t15-,18+/m1/s1. The van der Waals surface area contributed by atoms with E-state index < -0.39 is 20.3 Å². The number of hydrogen-bond acceptors (Lipinski definition) is 3. The molecule has 1 aliphatic carbocycles. The summed E-state index contributed by atoms with van der Waals surface area (Å²) in [6.07, 6.45) is 6.62. The fourth-order valence-electron chi connectivity index (χ4n) is 3.99. The van der Waals surface area contributed by atoms with Crippen molar-refractivity contribution in [2.24, 2.45) is 0 Å². The van der Waals surface area contributed by atoms with Crippen LogP contribution in [0.4, 0.5) is 0 Å². The molecule has 0 aromatic heterocycles. The zero-order chi connectivity index (χ0) is 17.2. The molecule has 1 aliphatic heterocycles. The molecular weight excluding hydrogens is 322 g/mol. The van der Waals surface area contributed by atoms with Crippen molar-refractivity contribution >= 4 is 15.7 Å². The molecule has 0 unspecified atom stereocenters. The molecular formula is C19H27NO3S. The van der Waals surface area contributed by atoms with Gasteiger partial charge in [0.2, 0.25) is 5.91 Å². The molecule has 1 fully saturated rings. The van der Waals surface area contributed by atoms with Gasteiger partial charge in [-0.1, -0.05) is 37.1 Å². The molecule has 4 nitrogen and oxygen atoms in total. The minimum Gasteiger partial charge on any atom is -0.342 e. The number of sulfone groups is 1. The number of carbonyl (C=O) groups is 1. The van der Waals surface area contributed by atoms with Crippen LogP contribution in [0.5, 0.6) is 0 Å². The average molecular weight is 349 g/mol. The van der Waals surface area contributed by atoms with Gasteiger partial charge in [-0.3, -0.25) is 4.79 Å². The summed E-state index contributed by atoms with van der Waals surface area (Å²) in [5, 5.41) is -1.49. The number of carbonyl (C=O) groups excluding carboxylic acids is 1. The highest BCUT2D eigenvalue weighted by molar-refractivity contribution is 7.93. The predicted molar refractivity (Wildman–Crippen MR) is 95.6 cm³/mol. The van der Waals surface area contributed by atoms with Crippen molar-refractivity contribution < 1.29 is 13.2 Å². The molecule has 2 aliphatic rings. The van der Waals surface area contributed by atoms with Crippen LogP contribution in [0.2, 0.25) is 0 Å². The summed E-state index contributed by atoms with van der Waals surface area (Å²) in [5.41, 5.74) is 2.02. The highest BCUT2D eigenvalue weighted by atomic mass is 32.2. The molecule has 1 amide bonds. The van der Waals surface area contributed by atoms with Gasteiger partial charge in [0.15, 0.2) is 9.84 Å².